The summed E-state index contributed by atoms with van der Waals surface area (Å²) in [6, 6.07) is 22.2. The smallest absolute Gasteiger partial charge is 0.321 e. The SMILES string of the molecule is CCC/C(=N\N=C(/C)Cc1ccccc1)C1CCN(CC2CCN([C@@H](C(=O)O)C3CCCCC3)C2)CC1.c1ccccc1. The van der Waals surface area contributed by atoms with Crippen molar-refractivity contribution in [2.45, 2.75) is 90.5 Å². The van der Waals surface area contributed by atoms with Gasteiger partial charge in [-0.15, -0.1) is 0 Å². The number of likely N-dealkylation sites (tertiary alicyclic amines) is 2. The van der Waals surface area contributed by atoms with Crippen LogP contribution in [-0.4, -0.2) is 71.1 Å². The van der Waals surface area contributed by atoms with Crippen molar-refractivity contribution in [1.29, 1.82) is 0 Å². The molecule has 1 saturated carbocycles. The number of piperidine rings is 1. The van der Waals surface area contributed by atoms with Crippen molar-refractivity contribution in [1.82, 2.24) is 9.80 Å². The molecule has 0 aromatic heterocycles. The van der Waals surface area contributed by atoms with Crippen LogP contribution >= 0.6 is 0 Å². The minimum Gasteiger partial charge on any atom is -0.480 e. The largest absolute Gasteiger partial charge is 0.480 e. The van der Waals surface area contributed by atoms with Crippen LogP contribution in [0.5, 0.6) is 0 Å². The third kappa shape index (κ3) is 11.0. The van der Waals surface area contributed by atoms with Crippen LogP contribution in [0.3, 0.4) is 0 Å². The van der Waals surface area contributed by atoms with Crippen LogP contribution in [0, 0.1) is 17.8 Å². The second-order valence-corrected chi connectivity index (χ2v) is 12.9. The normalized spacial score (nSPS) is 22.1. The molecule has 0 amide bonds. The number of hydrogen-bond acceptors (Lipinski definition) is 5. The van der Waals surface area contributed by atoms with Crippen LogP contribution in [0.15, 0.2) is 76.9 Å². The highest BCUT2D eigenvalue weighted by Gasteiger charge is 2.38. The van der Waals surface area contributed by atoms with Gasteiger partial charge in [0.15, 0.2) is 0 Å². The molecule has 0 spiro atoms. The molecular formula is C37H54N4O2. The molecule has 2 heterocycles. The lowest BCUT2D eigenvalue weighted by atomic mass is 9.83. The topological polar surface area (TPSA) is 68.5 Å². The van der Waals surface area contributed by atoms with E-state index in [9.17, 15) is 9.90 Å². The molecule has 2 saturated heterocycles. The van der Waals surface area contributed by atoms with Gasteiger partial charge in [0.25, 0.3) is 0 Å². The van der Waals surface area contributed by atoms with Crippen molar-refractivity contribution in [2.75, 3.05) is 32.7 Å². The fourth-order valence-corrected chi connectivity index (χ4v) is 7.24. The molecule has 1 N–H and O–H groups in total. The molecule has 0 bridgehead atoms. The zero-order valence-electron chi connectivity index (χ0n) is 26.6. The van der Waals surface area contributed by atoms with Crippen molar-refractivity contribution < 1.29 is 9.90 Å². The molecule has 43 heavy (non-hydrogen) atoms. The Bertz CT molecular complexity index is 1100. The van der Waals surface area contributed by atoms with Gasteiger partial charge in [-0.25, -0.2) is 0 Å². The van der Waals surface area contributed by atoms with Crippen molar-refractivity contribution in [3.63, 3.8) is 0 Å². The fourth-order valence-electron chi connectivity index (χ4n) is 7.24. The van der Waals surface area contributed by atoms with Gasteiger partial charge in [-0.2, -0.15) is 10.2 Å². The summed E-state index contributed by atoms with van der Waals surface area (Å²) in [6.45, 7) is 9.54. The Labute approximate surface area is 260 Å². The Morgan fingerprint density at radius 3 is 2.09 bits per heavy atom. The highest BCUT2D eigenvalue weighted by atomic mass is 16.4. The van der Waals surface area contributed by atoms with Crippen LogP contribution in [0.25, 0.3) is 0 Å². The number of carboxylic acids is 1. The molecule has 5 rings (SSSR count). The van der Waals surface area contributed by atoms with E-state index in [4.69, 9.17) is 5.10 Å². The highest BCUT2D eigenvalue weighted by molar-refractivity contribution is 5.89. The zero-order valence-corrected chi connectivity index (χ0v) is 26.6. The van der Waals surface area contributed by atoms with Crippen molar-refractivity contribution in [3.05, 3.63) is 72.3 Å². The molecular weight excluding hydrogens is 532 g/mol. The monoisotopic (exact) mass is 586 g/mol. The minimum absolute atomic E-state index is 0.269. The summed E-state index contributed by atoms with van der Waals surface area (Å²) >= 11 is 0. The first kappa shape index (κ1) is 33.1. The average Bonchev–Trinajstić information content (AvgIpc) is 3.49. The summed E-state index contributed by atoms with van der Waals surface area (Å²) < 4.78 is 0. The van der Waals surface area contributed by atoms with Crippen molar-refractivity contribution in [3.8, 4) is 0 Å². The number of rotatable bonds is 11. The number of benzene rings is 2. The molecule has 1 unspecified atom stereocenters. The van der Waals surface area contributed by atoms with E-state index < -0.39 is 5.97 Å². The standard InChI is InChI=1S/C31H48N4O2.C6H6/c1-3-10-29(33-32-24(2)21-25-11-6-4-7-12-25)27-16-18-34(19-17-27)22-26-15-20-35(23-26)30(31(36)37)28-13-8-5-9-14-28;1-2-4-6-5-3-1/h4,6-7,11-12,26-28,30H,3,5,8-10,13-23H2,1-2H3,(H,36,37);1-6H/b32-24+,33-29+;/t26?,30-;/m1./s1. The second-order valence-electron chi connectivity index (χ2n) is 12.9. The van der Waals surface area contributed by atoms with Gasteiger partial charge in [0, 0.05) is 36.9 Å². The summed E-state index contributed by atoms with van der Waals surface area (Å²) in [5.74, 6) is 0.872. The summed E-state index contributed by atoms with van der Waals surface area (Å²) in [4.78, 5) is 17.1. The summed E-state index contributed by atoms with van der Waals surface area (Å²) in [5.41, 5.74) is 3.62. The lowest BCUT2D eigenvalue weighted by Gasteiger charge is -2.35. The third-order valence-corrected chi connectivity index (χ3v) is 9.46. The highest BCUT2D eigenvalue weighted by Crippen LogP contribution is 2.32. The molecule has 2 aliphatic heterocycles. The molecule has 6 nitrogen and oxygen atoms in total. The van der Waals surface area contributed by atoms with Gasteiger partial charge in [-0.05, 0) is 82.5 Å². The maximum atomic E-state index is 12.1. The van der Waals surface area contributed by atoms with Gasteiger partial charge < -0.3 is 10.0 Å². The van der Waals surface area contributed by atoms with Gasteiger partial charge in [-0.1, -0.05) is 99.3 Å². The van der Waals surface area contributed by atoms with Crippen LogP contribution in [0.1, 0.15) is 83.6 Å². The Balaban J connectivity index is 0.000000628. The van der Waals surface area contributed by atoms with Crippen molar-refractivity contribution >= 4 is 17.4 Å². The zero-order chi connectivity index (χ0) is 30.3. The molecule has 2 aromatic rings. The van der Waals surface area contributed by atoms with Crippen molar-refractivity contribution in [2.24, 2.45) is 28.0 Å². The van der Waals surface area contributed by atoms with Gasteiger partial charge in [-0.3, -0.25) is 9.69 Å². The van der Waals surface area contributed by atoms with Gasteiger partial charge in [0.05, 0.1) is 0 Å². The van der Waals surface area contributed by atoms with E-state index in [1.54, 1.807) is 0 Å². The Hall–Kier alpha value is -2.83. The molecule has 2 aromatic carbocycles. The molecule has 234 valence electrons. The molecule has 2 atom stereocenters. The predicted octanol–water partition coefficient (Wildman–Crippen LogP) is 7.60. The second kappa shape index (κ2) is 18.1. The lowest BCUT2D eigenvalue weighted by molar-refractivity contribution is -0.145. The van der Waals surface area contributed by atoms with E-state index in [0.717, 1.165) is 89.8 Å². The Morgan fingerprint density at radius 2 is 1.49 bits per heavy atom. The van der Waals surface area contributed by atoms with Crippen LogP contribution in [0.2, 0.25) is 0 Å². The quantitative estimate of drug-likeness (QED) is 0.217. The first-order valence-electron chi connectivity index (χ1n) is 16.9. The fraction of sp³-hybridized carbons (Fsp3) is 0.595. The first-order valence-corrected chi connectivity index (χ1v) is 16.9. The van der Waals surface area contributed by atoms with Crippen LogP contribution < -0.4 is 0 Å². The summed E-state index contributed by atoms with van der Waals surface area (Å²) in [6.07, 6.45) is 12.3. The summed E-state index contributed by atoms with van der Waals surface area (Å²) in [5, 5.41) is 19.4. The van der Waals surface area contributed by atoms with Gasteiger partial charge >= 0.3 is 5.97 Å². The minimum atomic E-state index is -0.599. The number of carboxylic acid groups (broad SMARTS) is 1. The molecule has 3 aliphatic rings. The maximum absolute atomic E-state index is 12.1. The number of carbonyl (C=O) groups is 1. The summed E-state index contributed by atoms with van der Waals surface area (Å²) in [7, 11) is 0. The van der Waals surface area contributed by atoms with E-state index in [1.807, 2.05) is 42.5 Å². The molecule has 1 aliphatic carbocycles. The van der Waals surface area contributed by atoms with Gasteiger partial charge in [0.1, 0.15) is 6.04 Å². The van der Waals surface area contributed by atoms with E-state index in [0.29, 0.717) is 17.8 Å². The molecule has 3 fully saturated rings. The van der Waals surface area contributed by atoms with Crippen LogP contribution in [0.4, 0.5) is 0 Å². The molecule has 0 radical (unpaired) electrons. The van der Waals surface area contributed by atoms with Gasteiger partial charge in [0.2, 0.25) is 0 Å². The lowest BCUT2D eigenvalue weighted by Crippen LogP contribution is -2.46. The van der Waals surface area contributed by atoms with E-state index in [2.05, 4.69) is 53.0 Å². The number of nitrogens with zero attached hydrogens (tertiary/aromatic N) is 4. The van der Waals surface area contributed by atoms with E-state index >= 15 is 0 Å². The maximum Gasteiger partial charge on any atom is 0.321 e. The van der Waals surface area contributed by atoms with E-state index in [-0.39, 0.29) is 6.04 Å². The third-order valence-electron chi connectivity index (χ3n) is 9.46. The molecule has 6 heteroatoms. The first-order chi connectivity index (χ1) is 21.0. The average molecular weight is 587 g/mol. The van der Waals surface area contributed by atoms with E-state index in [1.165, 1.54) is 30.5 Å². The number of hydrogen-bond donors (Lipinski definition) is 1. The Morgan fingerprint density at radius 1 is 0.860 bits per heavy atom. The predicted molar refractivity (Wildman–Crippen MR) is 179 cm³/mol. The Kier molecular flexibility index (Phi) is 13.9. The van der Waals surface area contributed by atoms with Crippen LogP contribution in [-0.2, 0) is 11.2 Å². The number of aliphatic carboxylic acids is 1.